The summed E-state index contributed by atoms with van der Waals surface area (Å²) in [6.07, 6.45) is 11.3. The predicted molar refractivity (Wildman–Crippen MR) is 111 cm³/mol. The molecule has 3 nitrogen and oxygen atoms in total. The molecule has 0 fully saturated rings. The monoisotopic (exact) mass is 420 g/mol. The van der Waals surface area contributed by atoms with Crippen LogP contribution in [-0.4, -0.2) is 25.4 Å². The van der Waals surface area contributed by atoms with Crippen molar-refractivity contribution in [3.8, 4) is 0 Å². The lowest BCUT2D eigenvalue weighted by Gasteiger charge is -2.13. The first-order valence-corrected chi connectivity index (χ1v) is 11.6. The molecule has 6 heteroatoms. The minimum atomic E-state index is -1.63. The maximum atomic E-state index is 12.1. The van der Waals surface area contributed by atoms with E-state index in [9.17, 15) is 9.00 Å². The molecule has 0 spiro atoms. The Morgan fingerprint density at radius 2 is 1.31 bits per heavy atom. The van der Waals surface area contributed by atoms with E-state index in [1.165, 1.54) is 32.1 Å². The van der Waals surface area contributed by atoms with Crippen molar-refractivity contribution in [1.82, 2.24) is 0 Å². The molecule has 1 atom stereocenters. The summed E-state index contributed by atoms with van der Waals surface area (Å²) >= 11 is 11.4. The predicted octanol–water partition coefficient (Wildman–Crippen LogP) is 6.34. The van der Waals surface area contributed by atoms with E-state index in [0.717, 1.165) is 42.8 Å². The van der Waals surface area contributed by atoms with Gasteiger partial charge in [-0.3, -0.25) is 4.21 Å². The third-order valence-electron chi connectivity index (χ3n) is 4.39. The summed E-state index contributed by atoms with van der Waals surface area (Å²) in [5.74, 6) is -0.406. The third kappa shape index (κ3) is 10.5. The maximum Gasteiger partial charge on any atom is 0.340 e. The van der Waals surface area contributed by atoms with E-state index in [-0.39, 0.29) is 0 Å². The molecule has 1 N–H and O–H groups in total. The van der Waals surface area contributed by atoms with Gasteiger partial charge in [0.15, 0.2) is 0 Å². The van der Waals surface area contributed by atoms with Gasteiger partial charge in [0.1, 0.15) is 0 Å². The minimum absolute atomic E-state index is 0.301. The van der Waals surface area contributed by atoms with Gasteiger partial charge in [-0.25, -0.2) is 4.79 Å². The molecule has 1 unspecified atom stereocenters. The van der Waals surface area contributed by atoms with Crippen LogP contribution in [0.2, 0.25) is 0 Å². The van der Waals surface area contributed by atoms with Crippen LogP contribution in [0.1, 0.15) is 70.6 Å². The molecule has 0 radical (unpaired) electrons. The van der Waals surface area contributed by atoms with Crippen LogP contribution in [0, 0.1) is 0 Å². The molecule has 0 aromatic heterocycles. The molecule has 26 heavy (non-hydrogen) atoms. The van der Waals surface area contributed by atoms with Crippen molar-refractivity contribution in [2.75, 3.05) is 5.75 Å². The molecule has 148 valence electrons. The van der Waals surface area contributed by atoms with Crippen molar-refractivity contribution in [2.45, 2.75) is 79.9 Å². The number of halogens is 2. The van der Waals surface area contributed by atoms with Gasteiger partial charge in [-0.2, -0.15) is 0 Å². The van der Waals surface area contributed by atoms with E-state index >= 15 is 0 Å². The first kappa shape index (κ1) is 23.5. The molecule has 0 amide bonds. The zero-order chi connectivity index (χ0) is 19.3. The van der Waals surface area contributed by atoms with E-state index in [1.54, 1.807) is 0 Å². The summed E-state index contributed by atoms with van der Waals surface area (Å²) in [5.41, 5.74) is 0. The van der Waals surface area contributed by atoms with Gasteiger partial charge in [0.2, 0.25) is 4.33 Å². The second-order valence-corrected chi connectivity index (χ2v) is 9.71. The molecule has 0 heterocycles. The SMILES string of the molecule is O=C(O)C(Cl)(Cl)CCCCCCCCCCCCS(=O)c1ccccc1. The van der Waals surface area contributed by atoms with Crippen LogP contribution in [0.25, 0.3) is 0 Å². The zero-order valence-corrected chi connectivity index (χ0v) is 17.6. The molecule has 1 rings (SSSR count). The molecule has 0 saturated carbocycles. The Morgan fingerprint density at radius 3 is 1.81 bits per heavy atom. The summed E-state index contributed by atoms with van der Waals surface area (Å²) in [5, 5.41) is 8.81. The number of hydrogen-bond acceptors (Lipinski definition) is 2. The van der Waals surface area contributed by atoms with Crippen LogP contribution in [0.4, 0.5) is 0 Å². The Hall–Kier alpha value is -0.580. The summed E-state index contributed by atoms with van der Waals surface area (Å²) in [6, 6.07) is 9.66. The number of aliphatic carboxylic acids is 1. The third-order valence-corrected chi connectivity index (χ3v) is 6.55. The average molecular weight is 421 g/mol. The Balaban J connectivity index is 1.88. The van der Waals surface area contributed by atoms with Crippen molar-refractivity contribution in [3.05, 3.63) is 30.3 Å². The Bertz CT molecular complexity index is 535. The fourth-order valence-electron chi connectivity index (χ4n) is 2.79. The molecule has 1 aromatic rings. The van der Waals surface area contributed by atoms with E-state index in [4.69, 9.17) is 28.3 Å². The largest absolute Gasteiger partial charge is 0.479 e. The van der Waals surface area contributed by atoms with E-state index in [0.29, 0.717) is 6.42 Å². The fourth-order valence-corrected chi connectivity index (χ4v) is 4.22. The molecule has 0 saturated heterocycles. The molecule has 0 aliphatic rings. The number of rotatable bonds is 15. The van der Waals surface area contributed by atoms with Crippen LogP contribution >= 0.6 is 23.2 Å². The first-order chi connectivity index (χ1) is 12.4. The quantitative estimate of drug-likeness (QED) is 0.265. The number of alkyl halides is 2. The smallest absolute Gasteiger partial charge is 0.340 e. The molecular weight excluding hydrogens is 391 g/mol. The van der Waals surface area contributed by atoms with Crippen LogP contribution in [-0.2, 0) is 15.6 Å². The Labute approximate surface area is 169 Å². The summed E-state index contributed by atoms with van der Waals surface area (Å²) < 4.78 is 10.4. The highest BCUT2D eigenvalue weighted by Gasteiger charge is 2.32. The van der Waals surface area contributed by atoms with Crippen molar-refractivity contribution in [3.63, 3.8) is 0 Å². The second kappa shape index (κ2) is 13.6. The number of hydrogen-bond donors (Lipinski definition) is 1. The van der Waals surface area contributed by atoms with Crippen LogP contribution in [0.3, 0.4) is 0 Å². The topological polar surface area (TPSA) is 54.4 Å². The Kier molecular flexibility index (Phi) is 12.2. The van der Waals surface area contributed by atoms with Crippen LogP contribution in [0.5, 0.6) is 0 Å². The van der Waals surface area contributed by atoms with Crippen molar-refractivity contribution >= 4 is 40.0 Å². The molecule has 0 bridgehead atoms. The standard InChI is InChI=1S/C20H30Cl2O3S/c21-20(22,19(23)24)16-12-7-5-3-1-2-4-6-8-13-17-26(25)18-14-10-9-11-15-18/h9-11,14-15H,1-8,12-13,16-17H2,(H,23,24). The van der Waals surface area contributed by atoms with Crippen molar-refractivity contribution in [1.29, 1.82) is 0 Å². The van der Waals surface area contributed by atoms with Crippen LogP contribution in [0.15, 0.2) is 35.2 Å². The van der Waals surface area contributed by atoms with E-state index in [2.05, 4.69) is 0 Å². The van der Waals surface area contributed by atoms with E-state index in [1.807, 2.05) is 30.3 Å². The van der Waals surface area contributed by atoms with Crippen LogP contribution < -0.4 is 0 Å². The number of unbranched alkanes of at least 4 members (excludes halogenated alkanes) is 9. The van der Waals surface area contributed by atoms with Gasteiger partial charge in [0.25, 0.3) is 0 Å². The average Bonchev–Trinajstić information content (AvgIpc) is 2.63. The lowest BCUT2D eigenvalue weighted by Crippen LogP contribution is -2.25. The normalized spacial score (nSPS) is 12.8. The number of carboxylic acid groups (broad SMARTS) is 1. The highest BCUT2D eigenvalue weighted by atomic mass is 35.5. The van der Waals surface area contributed by atoms with E-state index < -0.39 is 21.1 Å². The molecule has 0 aliphatic heterocycles. The highest BCUT2D eigenvalue weighted by molar-refractivity contribution is 7.85. The van der Waals surface area contributed by atoms with Gasteiger partial charge in [0, 0.05) is 10.6 Å². The summed E-state index contributed by atoms with van der Waals surface area (Å²) in [4.78, 5) is 11.7. The molecule has 0 aliphatic carbocycles. The minimum Gasteiger partial charge on any atom is -0.479 e. The lowest BCUT2D eigenvalue weighted by atomic mass is 10.1. The van der Waals surface area contributed by atoms with Gasteiger partial charge in [-0.05, 0) is 31.4 Å². The van der Waals surface area contributed by atoms with Gasteiger partial charge in [-0.15, -0.1) is 0 Å². The number of carboxylic acids is 1. The van der Waals surface area contributed by atoms with Gasteiger partial charge < -0.3 is 5.11 Å². The Morgan fingerprint density at radius 1 is 0.846 bits per heavy atom. The number of benzene rings is 1. The number of carbonyl (C=O) groups is 1. The summed E-state index contributed by atoms with van der Waals surface area (Å²) in [7, 11) is -0.862. The zero-order valence-electron chi connectivity index (χ0n) is 15.3. The van der Waals surface area contributed by atoms with Gasteiger partial charge >= 0.3 is 5.97 Å². The molecule has 1 aromatic carbocycles. The fraction of sp³-hybridized carbons (Fsp3) is 0.650. The second-order valence-electron chi connectivity index (χ2n) is 6.66. The van der Waals surface area contributed by atoms with Gasteiger partial charge in [0.05, 0.1) is 10.8 Å². The summed E-state index contributed by atoms with van der Waals surface area (Å²) in [6.45, 7) is 0. The van der Waals surface area contributed by atoms with Gasteiger partial charge in [-0.1, -0.05) is 92.8 Å². The first-order valence-electron chi connectivity index (χ1n) is 9.48. The van der Waals surface area contributed by atoms with Crippen molar-refractivity contribution < 1.29 is 14.1 Å². The molecular formula is C20H30Cl2O3S. The maximum absolute atomic E-state index is 12.1. The highest BCUT2D eigenvalue weighted by Crippen LogP contribution is 2.28. The van der Waals surface area contributed by atoms with Crippen molar-refractivity contribution in [2.24, 2.45) is 0 Å². The lowest BCUT2D eigenvalue weighted by molar-refractivity contribution is -0.138.